The standard InChI is InChI=1S/C44H53BFN5O7S/c1-24(2)37(49-41(53)54-9)39(52)50-17-11-12-32(50)38-47-23-30(48-38)25-19-29(46)36-33-20-26-18-27(45-57-43(5,6)44(7,8)58-45)13-15-31(26)51(33)40(56-34(36)21-25)35-16-14-28(59-35)22-42(3,4)55-10/h13-16,18-21,23-24,32,37,40H,11-12,17,22H2,1-10H3,(H,47,48)(H,49,53)/t32-,37-,40?/m0/s1. The summed E-state index contributed by atoms with van der Waals surface area (Å²) < 4.78 is 49.0. The van der Waals surface area contributed by atoms with Crippen LogP contribution in [0.1, 0.15) is 96.1 Å². The van der Waals surface area contributed by atoms with Crippen LogP contribution in [0.5, 0.6) is 5.75 Å². The second-order valence-electron chi connectivity index (χ2n) is 17.8. The molecule has 5 aromatic rings. The highest BCUT2D eigenvalue weighted by atomic mass is 32.1. The summed E-state index contributed by atoms with van der Waals surface area (Å²) in [4.78, 5) is 37.8. The largest absolute Gasteiger partial charge is 0.494 e. The molecule has 3 aromatic heterocycles. The van der Waals surface area contributed by atoms with Crippen molar-refractivity contribution >= 4 is 46.8 Å². The van der Waals surface area contributed by atoms with Gasteiger partial charge in [0.2, 0.25) is 12.1 Å². The van der Waals surface area contributed by atoms with Gasteiger partial charge in [0.25, 0.3) is 0 Å². The number of carbonyl (C=O) groups is 2. The first-order valence-electron chi connectivity index (χ1n) is 20.3. The second kappa shape index (κ2) is 15.1. The van der Waals surface area contributed by atoms with Gasteiger partial charge in [-0.05, 0) is 102 Å². The number of hydrogen-bond donors (Lipinski definition) is 2. The molecule has 2 saturated heterocycles. The zero-order valence-corrected chi connectivity index (χ0v) is 36.2. The number of rotatable bonds is 10. The minimum atomic E-state index is -0.755. The lowest BCUT2D eigenvalue weighted by molar-refractivity contribution is -0.135. The number of amides is 2. The fourth-order valence-corrected chi connectivity index (χ4v) is 9.47. The normalized spacial score (nSPS) is 20.1. The number of alkyl carbamates (subject to hydrolysis) is 1. The second-order valence-corrected chi connectivity index (χ2v) is 19.0. The smallest absolute Gasteiger partial charge is 0.464 e. The molecule has 312 valence electrons. The van der Waals surface area contributed by atoms with Crippen LogP contribution in [0.3, 0.4) is 0 Å². The number of ether oxygens (including phenoxy) is 3. The van der Waals surface area contributed by atoms with Crippen molar-refractivity contribution in [2.45, 2.75) is 110 Å². The lowest BCUT2D eigenvalue weighted by Gasteiger charge is -2.32. The fourth-order valence-electron chi connectivity index (χ4n) is 8.22. The highest BCUT2D eigenvalue weighted by Crippen LogP contribution is 2.48. The molecule has 1 unspecified atom stereocenters. The molecule has 2 fully saturated rings. The van der Waals surface area contributed by atoms with Crippen molar-refractivity contribution in [3.8, 4) is 28.3 Å². The molecule has 0 radical (unpaired) electrons. The van der Waals surface area contributed by atoms with Gasteiger partial charge < -0.3 is 38.7 Å². The Hall–Kier alpha value is -4.70. The van der Waals surface area contributed by atoms with E-state index in [1.165, 1.54) is 13.2 Å². The van der Waals surface area contributed by atoms with E-state index in [0.29, 0.717) is 47.1 Å². The minimum absolute atomic E-state index is 0.161. The number of methoxy groups -OCH3 is 2. The van der Waals surface area contributed by atoms with E-state index in [4.69, 9.17) is 28.5 Å². The number of carbonyl (C=O) groups excluding carboxylic acids is 2. The predicted octanol–water partition coefficient (Wildman–Crippen LogP) is 8.15. The van der Waals surface area contributed by atoms with Crippen molar-refractivity contribution in [1.29, 1.82) is 0 Å². The number of aromatic nitrogens is 3. The molecule has 3 aliphatic rings. The molecule has 8 rings (SSSR count). The Balaban J connectivity index is 1.16. The lowest BCUT2D eigenvalue weighted by atomic mass is 9.78. The monoisotopic (exact) mass is 825 g/mol. The molecule has 12 nitrogen and oxygen atoms in total. The molecule has 0 bridgehead atoms. The van der Waals surface area contributed by atoms with Crippen LogP contribution in [0.4, 0.5) is 9.18 Å². The molecule has 15 heteroatoms. The van der Waals surface area contributed by atoms with E-state index >= 15 is 4.39 Å². The number of imidazole rings is 1. The number of thiophene rings is 1. The topological polar surface area (TPSA) is 129 Å². The van der Waals surface area contributed by atoms with Crippen LogP contribution >= 0.6 is 11.3 Å². The average Bonchev–Trinajstić information content (AvgIpc) is 4.02. The van der Waals surface area contributed by atoms with Crippen LogP contribution in [-0.4, -0.2) is 82.2 Å². The molecule has 3 atom stereocenters. The molecule has 0 spiro atoms. The molecule has 0 aliphatic carbocycles. The van der Waals surface area contributed by atoms with Gasteiger partial charge in [0, 0.05) is 35.9 Å². The Morgan fingerprint density at radius 3 is 2.53 bits per heavy atom. The Labute approximate surface area is 348 Å². The third-order valence-electron chi connectivity index (χ3n) is 12.4. The van der Waals surface area contributed by atoms with Crippen LogP contribution in [0.15, 0.2) is 54.7 Å². The number of fused-ring (bicyclic) bond motifs is 5. The van der Waals surface area contributed by atoms with Crippen molar-refractivity contribution in [2.75, 3.05) is 20.8 Å². The summed E-state index contributed by atoms with van der Waals surface area (Å²) in [6, 6.07) is 14.6. The number of benzene rings is 2. The highest BCUT2D eigenvalue weighted by Gasteiger charge is 2.52. The first-order valence-corrected chi connectivity index (χ1v) is 21.1. The van der Waals surface area contributed by atoms with Crippen LogP contribution in [0.25, 0.3) is 33.4 Å². The summed E-state index contributed by atoms with van der Waals surface area (Å²) in [5, 5.41) is 3.60. The molecule has 2 amide bonds. The van der Waals surface area contributed by atoms with E-state index in [9.17, 15) is 9.59 Å². The van der Waals surface area contributed by atoms with Gasteiger partial charge in [-0.1, -0.05) is 26.0 Å². The predicted molar refractivity (Wildman–Crippen MR) is 226 cm³/mol. The molecule has 6 heterocycles. The van der Waals surface area contributed by atoms with Gasteiger partial charge in [0.1, 0.15) is 23.4 Å². The number of likely N-dealkylation sites (tertiary alicyclic amines) is 1. The van der Waals surface area contributed by atoms with Crippen LogP contribution in [0, 0.1) is 11.7 Å². The first-order chi connectivity index (χ1) is 27.9. The summed E-state index contributed by atoms with van der Waals surface area (Å²) in [6.07, 6.45) is 2.61. The lowest BCUT2D eigenvalue weighted by Crippen LogP contribution is -2.51. The van der Waals surface area contributed by atoms with Crippen LogP contribution < -0.4 is 15.5 Å². The van der Waals surface area contributed by atoms with E-state index < -0.39 is 42.5 Å². The van der Waals surface area contributed by atoms with E-state index in [0.717, 1.165) is 39.0 Å². The zero-order valence-electron chi connectivity index (χ0n) is 35.4. The number of H-pyrrole nitrogens is 1. The molecule has 2 N–H and O–H groups in total. The number of nitrogens with zero attached hydrogens (tertiary/aromatic N) is 3. The summed E-state index contributed by atoms with van der Waals surface area (Å²) in [7, 11) is 2.44. The van der Waals surface area contributed by atoms with Crippen molar-refractivity contribution in [1.82, 2.24) is 24.8 Å². The third kappa shape index (κ3) is 7.44. The Kier molecular flexibility index (Phi) is 10.5. The zero-order chi connectivity index (χ0) is 42.2. The van der Waals surface area contributed by atoms with Crippen molar-refractivity contribution in [3.63, 3.8) is 0 Å². The number of aromatic amines is 1. The van der Waals surface area contributed by atoms with E-state index in [2.05, 4.69) is 46.9 Å². The van der Waals surface area contributed by atoms with Crippen LogP contribution in [-0.2, 0) is 30.0 Å². The fraction of sp³-hybridized carbons (Fsp3) is 0.477. The average molecular weight is 826 g/mol. The van der Waals surface area contributed by atoms with Gasteiger partial charge >= 0.3 is 13.2 Å². The maximum Gasteiger partial charge on any atom is 0.494 e. The van der Waals surface area contributed by atoms with E-state index in [1.807, 2.05) is 65.8 Å². The summed E-state index contributed by atoms with van der Waals surface area (Å²) in [5.41, 5.74) is 2.63. The van der Waals surface area contributed by atoms with Gasteiger partial charge in [-0.3, -0.25) is 9.36 Å². The van der Waals surface area contributed by atoms with E-state index in [-0.39, 0.29) is 23.5 Å². The quantitative estimate of drug-likeness (QED) is 0.135. The summed E-state index contributed by atoms with van der Waals surface area (Å²) in [5.74, 6) is 0.187. The van der Waals surface area contributed by atoms with Crippen LogP contribution in [0.2, 0.25) is 0 Å². The number of halogens is 1. The van der Waals surface area contributed by atoms with Crippen molar-refractivity contribution in [3.05, 3.63) is 76.1 Å². The minimum Gasteiger partial charge on any atom is -0.464 e. The third-order valence-corrected chi connectivity index (χ3v) is 13.5. The maximum absolute atomic E-state index is 16.8. The van der Waals surface area contributed by atoms with Gasteiger partial charge in [0.15, 0.2) is 0 Å². The van der Waals surface area contributed by atoms with Gasteiger partial charge in [-0.15, -0.1) is 11.3 Å². The Morgan fingerprint density at radius 2 is 1.83 bits per heavy atom. The molecule has 0 saturated carbocycles. The maximum atomic E-state index is 16.8. The summed E-state index contributed by atoms with van der Waals surface area (Å²) >= 11 is 1.65. The summed E-state index contributed by atoms with van der Waals surface area (Å²) in [6.45, 7) is 16.5. The Bertz CT molecular complexity index is 2400. The molecule has 59 heavy (non-hydrogen) atoms. The molecule has 3 aliphatic heterocycles. The van der Waals surface area contributed by atoms with Gasteiger partial charge in [-0.25, -0.2) is 14.2 Å². The molecular formula is C44H53BFN5O7S. The van der Waals surface area contributed by atoms with Gasteiger partial charge in [0.05, 0.1) is 63.5 Å². The number of nitrogens with one attached hydrogen (secondary N) is 2. The first kappa shape index (κ1) is 41.1. The van der Waals surface area contributed by atoms with Crippen molar-refractivity contribution < 1.29 is 37.5 Å². The molecule has 2 aromatic carbocycles. The van der Waals surface area contributed by atoms with E-state index in [1.54, 1.807) is 29.5 Å². The van der Waals surface area contributed by atoms with Crippen molar-refractivity contribution in [2.24, 2.45) is 5.92 Å². The molecular weight excluding hydrogens is 772 g/mol. The SMILES string of the molecule is COC(=O)N[C@H](C(=O)N1CCC[C@H]1c1ncc(-c2cc(F)c3c(c2)OC(c2ccc(CC(C)(C)OC)s2)n2c-3cc3cc(B4OC(C)(C)C(C)(C)O4)ccc32)[nH]1)C(C)C. The van der Waals surface area contributed by atoms with Gasteiger partial charge in [-0.2, -0.15) is 0 Å². The Morgan fingerprint density at radius 1 is 1.08 bits per heavy atom. The number of hydrogen-bond acceptors (Lipinski definition) is 9. The highest BCUT2D eigenvalue weighted by molar-refractivity contribution is 7.12.